The monoisotopic (exact) mass is 292 g/mol. The second-order valence-electron chi connectivity index (χ2n) is 9.67. The summed E-state index contributed by atoms with van der Waals surface area (Å²) in [5.74, 6) is 3.39. The molecule has 0 aliphatic heterocycles. The van der Waals surface area contributed by atoms with E-state index < -0.39 is 0 Å². The first kappa shape index (κ1) is 15.8. The minimum atomic E-state index is -0.0735. The molecule has 3 fully saturated rings. The van der Waals surface area contributed by atoms with Gasteiger partial charge in [0.2, 0.25) is 0 Å². The molecule has 1 N–H and O–H groups in total. The first-order chi connectivity index (χ1) is 9.77. The van der Waals surface area contributed by atoms with Crippen LogP contribution >= 0.6 is 0 Å². The zero-order chi connectivity index (χ0) is 15.4. The summed E-state index contributed by atoms with van der Waals surface area (Å²) in [6.45, 7) is 12.3. The maximum Gasteiger partial charge on any atom is 0.0609 e. The lowest BCUT2D eigenvalue weighted by Crippen LogP contribution is -2.55. The molecule has 21 heavy (non-hydrogen) atoms. The van der Waals surface area contributed by atoms with Crippen LogP contribution in [0.2, 0.25) is 0 Å². The van der Waals surface area contributed by atoms with Crippen LogP contribution in [0.25, 0.3) is 0 Å². The summed E-state index contributed by atoms with van der Waals surface area (Å²) in [6.07, 6.45) is 9.25. The summed E-state index contributed by atoms with van der Waals surface area (Å²) in [5.41, 5.74) is 0.705. The maximum absolute atomic E-state index is 11.4. The van der Waals surface area contributed by atoms with Crippen molar-refractivity contribution in [1.29, 1.82) is 0 Å². The van der Waals surface area contributed by atoms with E-state index in [9.17, 15) is 5.11 Å². The highest BCUT2D eigenvalue weighted by atomic mass is 16.3. The molecule has 3 saturated carbocycles. The van der Waals surface area contributed by atoms with Crippen LogP contribution in [-0.4, -0.2) is 11.2 Å². The summed E-state index contributed by atoms with van der Waals surface area (Å²) in [6, 6.07) is 0. The third kappa shape index (κ3) is 2.38. The molecule has 0 spiro atoms. The highest BCUT2D eigenvalue weighted by molar-refractivity contribution is 5.04. The van der Waals surface area contributed by atoms with Crippen molar-refractivity contribution in [3.63, 3.8) is 0 Å². The molecule has 3 aliphatic rings. The van der Waals surface area contributed by atoms with E-state index >= 15 is 0 Å². The molecule has 0 aromatic carbocycles. The standard InChI is InChI=1S/C20H36O/c1-13-8-9-16-18(21)17-14(2)7-6-11-20(17,5)12-10-15(13)19(16,3)4/h13-18,21H,6-12H2,1-5H3/t13-,14-,15+,16+,17+,18-,20+/m1/s1. The quantitative estimate of drug-likeness (QED) is 0.644. The third-order valence-corrected chi connectivity index (χ3v) is 8.16. The van der Waals surface area contributed by atoms with Crippen molar-refractivity contribution in [1.82, 2.24) is 0 Å². The Labute approximate surface area is 131 Å². The van der Waals surface area contributed by atoms with Crippen molar-refractivity contribution in [2.45, 2.75) is 85.7 Å². The highest BCUT2D eigenvalue weighted by Gasteiger charge is 2.55. The van der Waals surface area contributed by atoms with Crippen LogP contribution in [0.4, 0.5) is 0 Å². The normalized spacial score (nSPS) is 53.4. The van der Waals surface area contributed by atoms with E-state index in [1.807, 2.05) is 0 Å². The number of hydrogen-bond donors (Lipinski definition) is 1. The molecule has 3 rings (SSSR count). The van der Waals surface area contributed by atoms with Gasteiger partial charge in [0, 0.05) is 0 Å². The molecule has 3 aliphatic carbocycles. The Morgan fingerprint density at radius 1 is 0.810 bits per heavy atom. The predicted molar refractivity (Wildman–Crippen MR) is 89.0 cm³/mol. The van der Waals surface area contributed by atoms with Gasteiger partial charge in [0.05, 0.1) is 6.10 Å². The molecule has 0 aromatic heterocycles. The van der Waals surface area contributed by atoms with Crippen LogP contribution in [0.3, 0.4) is 0 Å². The Morgan fingerprint density at radius 2 is 1.52 bits per heavy atom. The molecule has 0 radical (unpaired) electrons. The van der Waals surface area contributed by atoms with Crippen LogP contribution in [0, 0.1) is 40.4 Å². The fourth-order valence-electron chi connectivity index (χ4n) is 6.93. The fraction of sp³-hybridized carbons (Fsp3) is 1.00. The van der Waals surface area contributed by atoms with Crippen LogP contribution in [0.15, 0.2) is 0 Å². The topological polar surface area (TPSA) is 20.2 Å². The Kier molecular flexibility index (Phi) is 3.96. The van der Waals surface area contributed by atoms with Gasteiger partial charge >= 0.3 is 0 Å². The van der Waals surface area contributed by atoms with Crippen molar-refractivity contribution < 1.29 is 5.11 Å². The van der Waals surface area contributed by atoms with Crippen molar-refractivity contribution in [2.24, 2.45) is 40.4 Å². The van der Waals surface area contributed by atoms with Gasteiger partial charge in [0.1, 0.15) is 0 Å². The molecule has 122 valence electrons. The van der Waals surface area contributed by atoms with E-state index in [4.69, 9.17) is 0 Å². The zero-order valence-corrected chi connectivity index (χ0v) is 14.9. The van der Waals surface area contributed by atoms with Crippen LogP contribution in [0.1, 0.15) is 79.6 Å². The molecule has 1 heteroatoms. The summed E-state index contributed by atoms with van der Waals surface area (Å²) >= 11 is 0. The molecule has 0 heterocycles. The molecule has 0 unspecified atom stereocenters. The lowest BCUT2D eigenvalue weighted by molar-refractivity contribution is -0.146. The third-order valence-electron chi connectivity index (χ3n) is 8.16. The van der Waals surface area contributed by atoms with Gasteiger partial charge in [-0.05, 0) is 66.1 Å². The predicted octanol–water partition coefficient (Wildman–Crippen LogP) is 5.27. The minimum Gasteiger partial charge on any atom is -0.392 e. The average Bonchev–Trinajstić information content (AvgIpc) is 2.36. The summed E-state index contributed by atoms with van der Waals surface area (Å²) in [4.78, 5) is 0. The zero-order valence-electron chi connectivity index (χ0n) is 14.9. The van der Waals surface area contributed by atoms with Gasteiger partial charge in [-0.25, -0.2) is 0 Å². The number of hydrogen-bond acceptors (Lipinski definition) is 1. The van der Waals surface area contributed by atoms with E-state index in [-0.39, 0.29) is 6.10 Å². The number of rotatable bonds is 0. The SMILES string of the molecule is C[C@@H]1CCC[C@@]2(C)CC[C@H]3[C@H](C)CC[C@@H]([C@@H](O)[C@H]12)C3(C)C. The average molecular weight is 293 g/mol. The second kappa shape index (κ2) is 5.25. The van der Waals surface area contributed by atoms with Crippen LogP contribution in [0.5, 0.6) is 0 Å². The molecule has 1 nitrogen and oxygen atoms in total. The smallest absolute Gasteiger partial charge is 0.0609 e. The molecule has 0 saturated heterocycles. The van der Waals surface area contributed by atoms with Crippen molar-refractivity contribution in [3.05, 3.63) is 0 Å². The fourth-order valence-corrected chi connectivity index (χ4v) is 6.93. The number of fused-ring (bicyclic) bond motifs is 3. The summed E-state index contributed by atoms with van der Waals surface area (Å²) in [7, 11) is 0. The van der Waals surface area contributed by atoms with Gasteiger partial charge in [-0.2, -0.15) is 0 Å². The largest absolute Gasteiger partial charge is 0.392 e. The van der Waals surface area contributed by atoms with Gasteiger partial charge in [-0.15, -0.1) is 0 Å². The minimum absolute atomic E-state index is 0.0735. The number of aliphatic hydroxyl groups excluding tert-OH is 1. The molecule has 7 atom stereocenters. The second-order valence-corrected chi connectivity index (χ2v) is 9.67. The molecule has 2 bridgehead atoms. The van der Waals surface area contributed by atoms with Crippen LogP contribution in [-0.2, 0) is 0 Å². The van der Waals surface area contributed by atoms with Crippen molar-refractivity contribution >= 4 is 0 Å². The lowest BCUT2D eigenvalue weighted by atomic mass is 9.47. The molecule has 0 amide bonds. The molecular formula is C20H36O. The van der Waals surface area contributed by atoms with Gasteiger partial charge < -0.3 is 5.11 Å². The Morgan fingerprint density at radius 3 is 2.24 bits per heavy atom. The summed E-state index contributed by atoms with van der Waals surface area (Å²) < 4.78 is 0. The molecule has 0 aromatic rings. The van der Waals surface area contributed by atoms with E-state index in [0.29, 0.717) is 28.6 Å². The molecular weight excluding hydrogens is 256 g/mol. The Bertz CT molecular complexity index is 387. The van der Waals surface area contributed by atoms with Crippen molar-refractivity contribution in [3.8, 4) is 0 Å². The first-order valence-electron chi connectivity index (χ1n) is 9.45. The van der Waals surface area contributed by atoms with Gasteiger partial charge in [0.25, 0.3) is 0 Å². The lowest BCUT2D eigenvalue weighted by Gasteiger charge is -2.59. The van der Waals surface area contributed by atoms with E-state index in [1.165, 1.54) is 44.9 Å². The van der Waals surface area contributed by atoms with Gasteiger partial charge in [-0.3, -0.25) is 0 Å². The first-order valence-corrected chi connectivity index (χ1v) is 9.45. The van der Waals surface area contributed by atoms with Crippen LogP contribution < -0.4 is 0 Å². The van der Waals surface area contributed by atoms with Gasteiger partial charge in [-0.1, -0.05) is 53.9 Å². The maximum atomic E-state index is 11.4. The van der Waals surface area contributed by atoms with E-state index in [0.717, 1.165) is 11.8 Å². The Balaban J connectivity index is 1.98. The summed E-state index contributed by atoms with van der Waals surface area (Å²) in [5, 5.41) is 11.4. The van der Waals surface area contributed by atoms with Gasteiger partial charge in [0.15, 0.2) is 0 Å². The number of aliphatic hydroxyl groups is 1. The van der Waals surface area contributed by atoms with E-state index in [2.05, 4.69) is 34.6 Å². The van der Waals surface area contributed by atoms with E-state index in [1.54, 1.807) is 0 Å². The van der Waals surface area contributed by atoms with Crippen molar-refractivity contribution in [2.75, 3.05) is 0 Å². The Hall–Kier alpha value is -0.0400. The highest BCUT2D eigenvalue weighted by Crippen LogP contribution is 2.60.